The third-order valence-electron chi connectivity index (χ3n) is 2.83. The molecule has 0 aliphatic rings. The Balaban J connectivity index is 2.57. The van der Waals surface area contributed by atoms with Crippen LogP contribution in [0.4, 0.5) is 0 Å². The highest BCUT2D eigenvalue weighted by atomic mass is 79.9. The quantitative estimate of drug-likeness (QED) is 0.741. The minimum absolute atomic E-state index is 0.537. The molecular weight excluding hydrogens is 278 g/mol. The number of benzene rings is 1. The molecule has 0 aliphatic heterocycles. The fourth-order valence-corrected chi connectivity index (χ4v) is 2.10. The largest absolute Gasteiger partial charge is 0.385 e. The maximum atomic E-state index is 5.19. The summed E-state index contributed by atoms with van der Waals surface area (Å²) in [5, 5.41) is 3.49. The third-order valence-corrected chi connectivity index (χ3v) is 3.36. The van der Waals surface area contributed by atoms with Crippen LogP contribution >= 0.6 is 15.9 Å². The van der Waals surface area contributed by atoms with Gasteiger partial charge in [0.1, 0.15) is 0 Å². The van der Waals surface area contributed by atoms with Crippen molar-refractivity contribution in [1.82, 2.24) is 5.32 Å². The first-order chi connectivity index (χ1) is 8.27. The van der Waals surface area contributed by atoms with Crippen LogP contribution in [-0.4, -0.2) is 26.8 Å². The lowest BCUT2D eigenvalue weighted by Gasteiger charge is -2.17. The third kappa shape index (κ3) is 5.66. The van der Waals surface area contributed by atoms with Crippen LogP contribution in [0.2, 0.25) is 0 Å². The molecule has 0 heterocycles. The number of hydrogen-bond donors (Lipinski definition) is 1. The zero-order chi connectivity index (χ0) is 12.5. The van der Waals surface area contributed by atoms with Gasteiger partial charge in [-0.3, -0.25) is 0 Å². The average Bonchev–Trinajstić information content (AvgIpc) is 2.35. The fraction of sp³-hybridized carbons (Fsp3) is 0.571. The first-order valence-corrected chi connectivity index (χ1v) is 7.02. The molecule has 0 amide bonds. The van der Waals surface area contributed by atoms with E-state index in [9.17, 15) is 0 Å². The molecule has 1 atom stereocenters. The summed E-state index contributed by atoms with van der Waals surface area (Å²) < 4.78 is 6.32. The van der Waals surface area contributed by atoms with Crippen molar-refractivity contribution in [3.05, 3.63) is 34.3 Å². The molecule has 0 aromatic heterocycles. The van der Waals surface area contributed by atoms with Crippen LogP contribution in [0, 0.1) is 0 Å². The second-order valence-electron chi connectivity index (χ2n) is 4.23. The molecule has 17 heavy (non-hydrogen) atoms. The van der Waals surface area contributed by atoms with E-state index in [2.05, 4.69) is 52.4 Å². The lowest BCUT2D eigenvalue weighted by atomic mass is 9.96. The molecule has 0 radical (unpaired) electrons. The Morgan fingerprint density at radius 3 is 2.59 bits per heavy atom. The highest BCUT2D eigenvalue weighted by molar-refractivity contribution is 9.10. The number of methoxy groups -OCH3 is 1. The van der Waals surface area contributed by atoms with Crippen LogP contribution in [0.3, 0.4) is 0 Å². The Hall–Kier alpha value is -0.380. The van der Waals surface area contributed by atoms with Gasteiger partial charge in [0, 0.05) is 24.7 Å². The van der Waals surface area contributed by atoms with Gasteiger partial charge in [-0.15, -0.1) is 0 Å². The molecule has 0 spiro atoms. The minimum Gasteiger partial charge on any atom is -0.385 e. The predicted octanol–water partition coefficient (Wildman–Crippen LogP) is 3.57. The van der Waals surface area contributed by atoms with Gasteiger partial charge in [0.2, 0.25) is 0 Å². The number of halogens is 1. The van der Waals surface area contributed by atoms with Crippen LogP contribution in [0.15, 0.2) is 28.7 Å². The van der Waals surface area contributed by atoms with E-state index in [-0.39, 0.29) is 0 Å². The maximum absolute atomic E-state index is 5.19. The summed E-state index contributed by atoms with van der Waals surface area (Å²) in [6.07, 6.45) is 2.24. The predicted molar refractivity (Wildman–Crippen MR) is 76.5 cm³/mol. The van der Waals surface area contributed by atoms with Crippen molar-refractivity contribution >= 4 is 15.9 Å². The number of ether oxygens (including phenoxy) is 1. The van der Waals surface area contributed by atoms with E-state index >= 15 is 0 Å². The van der Waals surface area contributed by atoms with Gasteiger partial charge < -0.3 is 10.1 Å². The average molecular weight is 300 g/mol. The van der Waals surface area contributed by atoms with Crippen molar-refractivity contribution in [3.63, 3.8) is 0 Å². The minimum atomic E-state index is 0.537. The summed E-state index contributed by atoms with van der Waals surface area (Å²) in [6.45, 7) is 5.12. The van der Waals surface area contributed by atoms with E-state index in [1.165, 1.54) is 12.0 Å². The second-order valence-corrected chi connectivity index (χ2v) is 5.15. The van der Waals surface area contributed by atoms with Crippen molar-refractivity contribution in [3.8, 4) is 0 Å². The van der Waals surface area contributed by atoms with Crippen LogP contribution in [-0.2, 0) is 4.74 Å². The maximum Gasteiger partial charge on any atom is 0.0468 e. The fourth-order valence-electron chi connectivity index (χ4n) is 1.83. The highest BCUT2D eigenvalue weighted by Crippen LogP contribution is 2.21. The lowest BCUT2D eigenvalue weighted by Crippen LogP contribution is -2.23. The number of nitrogens with one attached hydrogen (secondary N) is 1. The van der Waals surface area contributed by atoms with E-state index in [4.69, 9.17) is 4.74 Å². The first kappa shape index (κ1) is 14.7. The molecule has 3 heteroatoms. The molecule has 0 bridgehead atoms. The van der Waals surface area contributed by atoms with Gasteiger partial charge in [-0.05, 0) is 43.0 Å². The number of rotatable bonds is 8. The molecule has 1 N–H and O–H groups in total. The second kappa shape index (κ2) is 8.67. The molecule has 1 aromatic rings. The molecule has 96 valence electrons. The monoisotopic (exact) mass is 299 g/mol. The summed E-state index contributed by atoms with van der Waals surface area (Å²) in [6, 6.07) is 8.60. The first-order valence-electron chi connectivity index (χ1n) is 6.23. The molecule has 0 aliphatic carbocycles. The molecule has 1 unspecified atom stereocenters. The van der Waals surface area contributed by atoms with Crippen molar-refractivity contribution in [2.24, 2.45) is 0 Å². The molecule has 2 nitrogen and oxygen atoms in total. The van der Waals surface area contributed by atoms with E-state index in [0.29, 0.717) is 5.92 Å². The summed E-state index contributed by atoms with van der Waals surface area (Å²) in [4.78, 5) is 0. The van der Waals surface area contributed by atoms with Crippen LogP contribution in [0.1, 0.15) is 31.2 Å². The smallest absolute Gasteiger partial charge is 0.0468 e. The molecule has 0 saturated carbocycles. The normalized spacial score (nSPS) is 12.6. The van der Waals surface area contributed by atoms with E-state index in [0.717, 1.165) is 30.6 Å². The van der Waals surface area contributed by atoms with Crippen molar-refractivity contribution in [2.75, 3.05) is 26.8 Å². The highest BCUT2D eigenvalue weighted by Gasteiger charge is 2.10. The Labute approximate surface area is 113 Å². The summed E-state index contributed by atoms with van der Waals surface area (Å²) in [5.74, 6) is 0.537. The molecule has 0 fully saturated rings. The van der Waals surface area contributed by atoms with E-state index < -0.39 is 0 Å². The van der Waals surface area contributed by atoms with Gasteiger partial charge in [0.25, 0.3) is 0 Å². The van der Waals surface area contributed by atoms with Gasteiger partial charge in [0.05, 0.1) is 0 Å². The van der Waals surface area contributed by atoms with Gasteiger partial charge in [0.15, 0.2) is 0 Å². The van der Waals surface area contributed by atoms with Gasteiger partial charge in [-0.2, -0.15) is 0 Å². The van der Waals surface area contributed by atoms with Crippen molar-refractivity contribution in [1.29, 1.82) is 0 Å². The molecule has 0 saturated heterocycles. The van der Waals surface area contributed by atoms with Gasteiger partial charge >= 0.3 is 0 Å². The zero-order valence-electron chi connectivity index (χ0n) is 10.7. The SMILES string of the molecule is CCCNCC(CCOC)c1ccc(Br)cc1. The van der Waals surface area contributed by atoms with Crippen molar-refractivity contribution in [2.45, 2.75) is 25.7 Å². The van der Waals surface area contributed by atoms with E-state index in [1.54, 1.807) is 7.11 Å². The van der Waals surface area contributed by atoms with Gasteiger partial charge in [-0.1, -0.05) is 35.0 Å². The van der Waals surface area contributed by atoms with E-state index in [1.807, 2.05) is 0 Å². The molecular formula is C14H22BrNO. The summed E-state index contributed by atoms with van der Waals surface area (Å²) in [7, 11) is 1.76. The van der Waals surface area contributed by atoms with Crippen LogP contribution in [0.25, 0.3) is 0 Å². The standard InChI is InChI=1S/C14H22BrNO/c1-3-9-16-11-13(8-10-17-2)12-4-6-14(15)7-5-12/h4-7,13,16H,3,8-11H2,1-2H3. The summed E-state index contributed by atoms with van der Waals surface area (Å²) >= 11 is 3.47. The van der Waals surface area contributed by atoms with Crippen LogP contribution in [0.5, 0.6) is 0 Å². The zero-order valence-corrected chi connectivity index (χ0v) is 12.3. The van der Waals surface area contributed by atoms with Gasteiger partial charge in [-0.25, -0.2) is 0 Å². The Morgan fingerprint density at radius 2 is 2.00 bits per heavy atom. The lowest BCUT2D eigenvalue weighted by molar-refractivity contribution is 0.187. The number of hydrogen-bond acceptors (Lipinski definition) is 2. The van der Waals surface area contributed by atoms with Crippen molar-refractivity contribution < 1.29 is 4.74 Å². The Morgan fingerprint density at radius 1 is 1.29 bits per heavy atom. The molecule has 1 aromatic carbocycles. The Kier molecular flexibility index (Phi) is 7.49. The molecule has 1 rings (SSSR count). The van der Waals surface area contributed by atoms with Crippen LogP contribution < -0.4 is 5.32 Å². The summed E-state index contributed by atoms with van der Waals surface area (Å²) in [5.41, 5.74) is 1.38. The Bertz CT molecular complexity index is 300. The topological polar surface area (TPSA) is 21.3 Å².